The van der Waals surface area contributed by atoms with E-state index in [-0.39, 0.29) is 0 Å². The molecule has 0 unspecified atom stereocenters. The maximum Gasteiger partial charge on any atom is 0.0434 e. The highest BCUT2D eigenvalue weighted by molar-refractivity contribution is 7.24. The lowest BCUT2D eigenvalue weighted by atomic mass is 9.88. The van der Waals surface area contributed by atoms with Gasteiger partial charge in [-0.05, 0) is 88.9 Å². The summed E-state index contributed by atoms with van der Waals surface area (Å²) in [6, 6.07) is 63.5. The molecule has 12 aromatic rings. The molecule has 10 aromatic carbocycles. The van der Waals surface area contributed by atoms with Gasteiger partial charge < -0.3 is 0 Å². The highest BCUT2D eigenvalue weighted by atomic mass is 32.1. The third-order valence-corrected chi connectivity index (χ3v) is 13.6. The molecule has 0 atom stereocenters. The number of benzene rings is 10. The Morgan fingerprint density at radius 1 is 0.231 bits per heavy atom. The number of hydrogen-bond donors (Lipinski definition) is 0. The minimum absolute atomic E-state index is 1.27. The van der Waals surface area contributed by atoms with E-state index in [2.05, 4.69) is 170 Å². The van der Waals surface area contributed by atoms with E-state index >= 15 is 0 Å². The minimum atomic E-state index is 1.27. The van der Waals surface area contributed by atoms with E-state index in [1.807, 2.05) is 22.7 Å². The molecule has 2 heteroatoms. The van der Waals surface area contributed by atoms with Gasteiger partial charge in [0.1, 0.15) is 0 Å². The van der Waals surface area contributed by atoms with Crippen molar-refractivity contribution >= 4 is 118 Å². The Morgan fingerprint density at radius 2 is 0.519 bits per heavy atom. The van der Waals surface area contributed by atoms with Crippen LogP contribution in [-0.4, -0.2) is 0 Å². The fourth-order valence-corrected chi connectivity index (χ4v) is 11.5. The molecule has 12 rings (SSSR count). The Bertz CT molecular complexity index is 3090. The third kappa shape index (κ3) is 3.91. The first-order chi connectivity index (χ1) is 25.8. The van der Waals surface area contributed by atoms with Crippen molar-refractivity contribution in [2.24, 2.45) is 0 Å². The summed E-state index contributed by atoms with van der Waals surface area (Å²) in [4.78, 5) is 2.63. The topological polar surface area (TPSA) is 0 Å². The molecular weight excluding hydrogens is 665 g/mol. The number of hydrogen-bond acceptors (Lipinski definition) is 2. The van der Waals surface area contributed by atoms with Crippen LogP contribution in [0.5, 0.6) is 0 Å². The SMILES string of the molecule is c1ccc2cc3c(-c4cc5c6ccccc6c6ccccc6c5s4)c4ccccc4c(-c4cc5c6ccccc6c6ccccc6c5s4)c3cc2c1. The average Bonchev–Trinajstić information content (AvgIpc) is 3.86. The van der Waals surface area contributed by atoms with E-state index in [0.29, 0.717) is 0 Å². The van der Waals surface area contributed by atoms with Crippen molar-refractivity contribution in [1.29, 1.82) is 0 Å². The van der Waals surface area contributed by atoms with Crippen LogP contribution in [-0.2, 0) is 0 Å². The first-order valence-electron chi connectivity index (χ1n) is 17.8. The zero-order valence-electron chi connectivity index (χ0n) is 28.0. The van der Waals surface area contributed by atoms with Crippen LogP contribution >= 0.6 is 22.7 Å². The molecule has 0 aliphatic rings. The molecule has 0 radical (unpaired) electrons. The normalized spacial score (nSPS) is 12.2. The number of fused-ring (bicyclic) bond motifs is 15. The smallest absolute Gasteiger partial charge is 0.0434 e. The van der Waals surface area contributed by atoms with Crippen LogP contribution in [0.2, 0.25) is 0 Å². The molecule has 0 N–H and O–H groups in total. The molecule has 0 aliphatic heterocycles. The number of rotatable bonds is 2. The van der Waals surface area contributed by atoms with Gasteiger partial charge in [-0.1, -0.05) is 146 Å². The molecule has 2 aromatic heterocycles. The summed E-state index contributed by atoms with van der Waals surface area (Å²) in [6.45, 7) is 0. The quantitative estimate of drug-likeness (QED) is 0.125. The molecule has 52 heavy (non-hydrogen) atoms. The van der Waals surface area contributed by atoms with E-state index in [9.17, 15) is 0 Å². The van der Waals surface area contributed by atoms with Crippen molar-refractivity contribution in [2.45, 2.75) is 0 Å². The van der Waals surface area contributed by atoms with Gasteiger partial charge in [0.25, 0.3) is 0 Å². The predicted octanol–water partition coefficient (Wildman–Crippen LogP) is 15.5. The van der Waals surface area contributed by atoms with E-state index in [4.69, 9.17) is 0 Å². The summed E-state index contributed by atoms with van der Waals surface area (Å²) in [5, 5.41) is 21.0. The van der Waals surface area contributed by atoms with Gasteiger partial charge in [-0.15, -0.1) is 22.7 Å². The van der Waals surface area contributed by atoms with Crippen molar-refractivity contribution in [2.75, 3.05) is 0 Å². The molecule has 0 saturated carbocycles. The van der Waals surface area contributed by atoms with E-state index < -0.39 is 0 Å². The van der Waals surface area contributed by atoms with Crippen molar-refractivity contribution in [3.8, 4) is 20.9 Å². The molecular formula is C50H28S2. The van der Waals surface area contributed by atoms with Gasteiger partial charge in [-0.3, -0.25) is 0 Å². The molecule has 0 bridgehead atoms. The van der Waals surface area contributed by atoms with Crippen LogP contribution in [0.4, 0.5) is 0 Å². The fraction of sp³-hybridized carbons (Fsp3) is 0. The minimum Gasteiger partial charge on any atom is -0.134 e. The summed E-state index contributed by atoms with van der Waals surface area (Å²) in [7, 11) is 0. The van der Waals surface area contributed by atoms with Crippen LogP contribution in [0.3, 0.4) is 0 Å². The molecule has 0 saturated heterocycles. The molecule has 0 amide bonds. The Hall–Kier alpha value is -6.06. The summed E-state index contributed by atoms with van der Waals surface area (Å²) in [5.41, 5.74) is 2.65. The Balaban J connectivity index is 1.25. The maximum absolute atomic E-state index is 2.47. The third-order valence-electron chi connectivity index (χ3n) is 11.2. The van der Waals surface area contributed by atoms with E-state index in [0.717, 1.165) is 0 Å². The predicted molar refractivity (Wildman–Crippen MR) is 231 cm³/mol. The zero-order valence-corrected chi connectivity index (χ0v) is 29.6. The Labute approximate surface area is 307 Å². The van der Waals surface area contributed by atoms with Crippen LogP contribution < -0.4 is 0 Å². The zero-order chi connectivity index (χ0) is 33.9. The molecule has 0 aliphatic carbocycles. The first kappa shape index (κ1) is 28.6. The van der Waals surface area contributed by atoms with Gasteiger partial charge in [-0.25, -0.2) is 0 Å². The van der Waals surface area contributed by atoms with Gasteiger partial charge in [0, 0.05) is 51.8 Å². The molecule has 0 fully saturated rings. The van der Waals surface area contributed by atoms with Gasteiger partial charge in [-0.2, -0.15) is 0 Å². The van der Waals surface area contributed by atoms with Crippen LogP contribution in [0, 0.1) is 0 Å². The lowest BCUT2D eigenvalue weighted by Crippen LogP contribution is -1.89. The second-order valence-corrected chi connectivity index (χ2v) is 16.0. The summed E-state index contributed by atoms with van der Waals surface area (Å²) in [5.74, 6) is 0. The van der Waals surface area contributed by atoms with Gasteiger partial charge >= 0.3 is 0 Å². The average molecular weight is 693 g/mol. The van der Waals surface area contributed by atoms with Crippen molar-refractivity contribution in [3.63, 3.8) is 0 Å². The highest BCUT2D eigenvalue weighted by Crippen LogP contribution is 2.52. The van der Waals surface area contributed by atoms with Crippen molar-refractivity contribution < 1.29 is 0 Å². The second-order valence-electron chi connectivity index (χ2n) is 13.9. The van der Waals surface area contributed by atoms with Crippen molar-refractivity contribution in [3.05, 3.63) is 170 Å². The maximum atomic E-state index is 2.47. The highest BCUT2D eigenvalue weighted by Gasteiger charge is 2.22. The van der Waals surface area contributed by atoms with Crippen LogP contribution in [0.15, 0.2) is 170 Å². The lowest BCUT2D eigenvalue weighted by molar-refractivity contribution is 1.76. The first-order valence-corrected chi connectivity index (χ1v) is 19.5. The second kappa shape index (κ2) is 10.7. The Morgan fingerprint density at radius 3 is 0.904 bits per heavy atom. The fourth-order valence-electron chi connectivity index (χ4n) is 8.96. The van der Waals surface area contributed by atoms with Crippen LogP contribution in [0.25, 0.3) is 116 Å². The van der Waals surface area contributed by atoms with Crippen LogP contribution in [0.1, 0.15) is 0 Å². The van der Waals surface area contributed by atoms with Gasteiger partial charge in [0.05, 0.1) is 0 Å². The molecule has 2 heterocycles. The summed E-state index contributed by atoms with van der Waals surface area (Å²) < 4.78 is 2.71. The van der Waals surface area contributed by atoms with Gasteiger partial charge in [0.15, 0.2) is 0 Å². The Kier molecular flexibility index (Phi) is 5.90. The lowest BCUT2D eigenvalue weighted by Gasteiger charge is -2.16. The van der Waals surface area contributed by atoms with E-state index in [1.165, 1.54) is 116 Å². The largest absolute Gasteiger partial charge is 0.134 e. The molecule has 0 nitrogen and oxygen atoms in total. The molecule has 240 valence electrons. The molecule has 0 spiro atoms. The summed E-state index contributed by atoms with van der Waals surface area (Å²) >= 11 is 3.88. The van der Waals surface area contributed by atoms with E-state index in [1.54, 1.807) is 0 Å². The van der Waals surface area contributed by atoms with Crippen molar-refractivity contribution in [1.82, 2.24) is 0 Å². The van der Waals surface area contributed by atoms with Gasteiger partial charge in [0.2, 0.25) is 0 Å². The standard InChI is InChI=1S/C50H28S2/c1-2-14-30-26-42-41(25-29(30)13-1)47(45-27-43-35-19-5-3-15-31(35)33-17-7-11-23-39(33)49(43)51-45)37-21-9-10-22-38(37)48(42)46-28-44-36-20-6-4-16-32(36)34-18-8-12-24-40(34)50(44)52-46/h1-28H. The summed E-state index contributed by atoms with van der Waals surface area (Å²) in [6.07, 6.45) is 0. The monoisotopic (exact) mass is 692 g/mol. The number of thiophene rings is 2.